The van der Waals surface area contributed by atoms with Crippen molar-refractivity contribution in [1.29, 1.82) is 0 Å². The lowest BCUT2D eigenvalue weighted by Crippen LogP contribution is -2.41. The number of nitrogens with zero attached hydrogens (tertiary/aromatic N) is 4. The molecule has 0 unspecified atom stereocenters. The van der Waals surface area contributed by atoms with E-state index in [2.05, 4.69) is 20.4 Å². The van der Waals surface area contributed by atoms with Gasteiger partial charge in [-0.2, -0.15) is 0 Å². The SMILES string of the molecule is COCCNC(=O)C(C)(C)c1cc(-c2cncc(-c3cc(-c4ccccc4)no3)n2)ccn1. The Labute approximate surface area is 192 Å². The monoisotopic (exact) mass is 443 g/mol. The second kappa shape index (κ2) is 9.70. The summed E-state index contributed by atoms with van der Waals surface area (Å²) in [5.74, 6) is 0.398. The van der Waals surface area contributed by atoms with Crippen molar-refractivity contribution in [1.82, 2.24) is 25.4 Å². The number of hydrogen-bond donors (Lipinski definition) is 1. The van der Waals surface area contributed by atoms with Gasteiger partial charge in [0.25, 0.3) is 0 Å². The molecule has 8 nitrogen and oxygen atoms in total. The Bertz CT molecular complexity index is 1240. The van der Waals surface area contributed by atoms with Crippen LogP contribution in [0.3, 0.4) is 0 Å². The van der Waals surface area contributed by atoms with Crippen LogP contribution in [0.5, 0.6) is 0 Å². The molecule has 1 aromatic carbocycles. The van der Waals surface area contributed by atoms with Crippen molar-refractivity contribution in [3.63, 3.8) is 0 Å². The summed E-state index contributed by atoms with van der Waals surface area (Å²) in [5.41, 5.74) is 3.50. The minimum absolute atomic E-state index is 0.126. The molecule has 0 aliphatic carbocycles. The molecule has 3 heterocycles. The van der Waals surface area contributed by atoms with Crippen LogP contribution in [0.1, 0.15) is 19.5 Å². The number of benzene rings is 1. The highest BCUT2D eigenvalue weighted by Gasteiger charge is 2.31. The van der Waals surface area contributed by atoms with Crippen LogP contribution in [-0.2, 0) is 14.9 Å². The first-order valence-electron chi connectivity index (χ1n) is 10.6. The minimum atomic E-state index is -0.829. The fraction of sp³-hybridized carbons (Fsp3) is 0.240. The zero-order chi connectivity index (χ0) is 23.3. The number of amides is 1. The fourth-order valence-corrected chi connectivity index (χ4v) is 3.30. The molecule has 168 valence electrons. The second-order valence-electron chi connectivity index (χ2n) is 8.04. The Kier molecular flexibility index (Phi) is 6.55. The average molecular weight is 444 g/mol. The third kappa shape index (κ3) is 4.96. The molecule has 4 aromatic rings. The molecule has 0 bridgehead atoms. The molecule has 3 aromatic heterocycles. The highest BCUT2D eigenvalue weighted by molar-refractivity contribution is 5.87. The van der Waals surface area contributed by atoms with E-state index in [0.717, 1.165) is 16.8 Å². The Morgan fingerprint density at radius 2 is 1.82 bits per heavy atom. The largest absolute Gasteiger partial charge is 0.383 e. The van der Waals surface area contributed by atoms with Gasteiger partial charge in [0, 0.05) is 37.0 Å². The standard InChI is InChI=1S/C25H25N5O3/c1-25(2,24(31)28-11-12-32-3)23-13-18(9-10-27-23)20-15-26-16-21(29-20)22-14-19(30-33-22)17-7-5-4-6-8-17/h4-10,13-16H,11-12H2,1-3H3,(H,28,31). The molecule has 4 rings (SSSR count). The number of ether oxygens (including phenoxy) is 1. The molecule has 0 aliphatic rings. The smallest absolute Gasteiger partial charge is 0.231 e. The molecule has 0 aliphatic heterocycles. The van der Waals surface area contributed by atoms with Gasteiger partial charge in [0.1, 0.15) is 11.4 Å². The van der Waals surface area contributed by atoms with Gasteiger partial charge in [-0.3, -0.25) is 14.8 Å². The van der Waals surface area contributed by atoms with E-state index in [1.54, 1.807) is 25.7 Å². The molecule has 8 heteroatoms. The zero-order valence-corrected chi connectivity index (χ0v) is 18.8. The molecule has 0 atom stereocenters. The Morgan fingerprint density at radius 3 is 2.61 bits per heavy atom. The van der Waals surface area contributed by atoms with Gasteiger partial charge in [-0.25, -0.2) is 4.98 Å². The van der Waals surface area contributed by atoms with E-state index in [1.165, 1.54) is 0 Å². The van der Waals surface area contributed by atoms with Gasteiger partial charge in [-0.15, -0.1) is 0 Å². The second-order valence-corrected chi connectivity index (χ2v) is 8.04. The topological polar surface area (TPSA) is 103 Å². The average Bonchev–Trinajstić information content (AvgIpc) is 3.35. The number of nitrogens with one attached hydrogen (secondary N) is 1. The van der Waals surface area contributed by atoms with E-state index in [0.29, 0.717) is 36.0 Å². The third-order valence-electron chi connectivity index (χ3n) is 5.32. The lowest BCUT2D eigenvalue weighted by molar-refractivity contribution is -0.125. The highest BCUT2D eigenvalue weighted by atomic mass is 16.5. The normalized spacial score (nSPS) is 11.4. The van der Waals surface area contributed by atoms with E-state index in [9.17, 15) is 4.79 Å². The molecule has 0 spiro atoms. The van der Waals surface area contributed by atoms with Gasteiger partial charge >= 0.3 is 0 Å². The maximum absolute atomic E-state index is 12.7. The lowest BCUT2D eigenvalue weighted by Gasteiger charge is -2.23. The van der Waals surface area contributed by atoms with Crippen LogP contribution < -0.4 is 5.32 Å². The van der Waals surface area contributed by atoms with Gasteiger partial charge in [0.05, 0.1) is 35.8 Å². The number of pyridine rings is 1. The Hall–Kier alpha value is -3.91. The van der Waals surface area contributed by atoms with Crippen LogP contribution in [0.15, 0.2) is 71.6 Å². The summed E-state index contributed by atoms with van der Waals surface area (Å²) in [6.07, 6.45) is 4.97. The predicted molar refractivity (Wildman–Crippen MR) is 124 cm³/mol. The van der Waals surface area contributed by atoms with Crippen LogP contribution >= 0.6 is 0 Å². The van der Waals surface area contributed by atoms with Gasteiger partial charge in [0.15, 0.2) is 5.76 Å². The van der Waals surface area contributed by atoms with Crippen molar-refractivity contribution >= 4 is 5.91 Å². The minimum Gasteiger partial charge on any atom is -0.383 e. The lowest BCUT2D eigenvalue weighted by atomic mass is 9.86. The van der Waals surface area contributed by atoms with Crippen LogP contribution in [0.25, 0.3) is 34.0 Å². The number of rotatable bonds is 8. The van der Waals surface area contributed by atoms with E-state index in [4.69, 9.17) is 14.2 Å². The third-order valence-corrected chi connectivity index (χ3v) is 5.32. The number of aromatic nitrogens is 4. The van der Waals surface area contributed by atoms with Crippen LogP contribution in [0.2, 0.25) is 0 Å². The zero-order valence-electron chi connectivity index (χ0n) is 18.8. The van der Waals surface area contributed by atoms with E-state index in [1.807, 2.05) is 62.4 Å². The first-order chi connectivity index (χ1) is 16.0. The van der Waals surface area contributed by atoms with Crippen molar-refractivity contribution in [3.05, 3.63) is 72.8 Å². The van der Waals surface area contributed by atoms with Crippen molar-refractivity contribution in [3.8, 4) is 34.0 Å². The Morgan fingerprint density at radius 1 is 1.03 bits per heavy atom. The highest BCUT2D eigenvalue weighted by Crippen LogP contribution is 2.28. The molecule has 0 fully saturated rings. The van der Waals surface area contributed by atoms with Gasteiger partial charge < -0.3 is 14.6 Å². The van der Waals surface area contributed by atoms with Crippen molar-refractivity contribution in [2.75, 3.05) is 20.3 Å². The van der Waals surface area contributed by atoms with E-state index < -0.39 is 5.41 Å². The van der Waals surface area contributed by atoms with Crippen molar-refractivity contribution in [2.45, 2.75) is 19.3 Å². The summed E-state index contributed by atoms with van der Waals surface area (Å²) >= 11 is 0. The van der Waals surface area contributed by atoms with Crippen molar-refractivity contribution < 1.29 is 14.1 Å². The summed E-state index contributed by atoms with van der Waals surface area (Å²) in [6.45, 7) is 4.56. The molecule has 33 heavy (non-hydrogen) atoms. The first-order valence-corrected chi connectivity index (χ1v) is 10.6. The Balaban J connectivity index is 1.59. The number of carbonyl (C=O) groups is 1. The molecular weight excluding hydrogens is 418 g/mol. The van der Waals surface area contributed by atoms with Crippen LogP contribution in [-0.4, -0.2) is 46.3 Å². The summed E-state index contributed by atoms with van der Waals surface area (Å²) in [4.78, 5) is 26.2. The maximum atomic E-state index is 12.7. The number of hydrogen-bond acceptors (Lipinski definition) is 7. The summed E-state index contributed by atoms with van der Waals surface area (Å²) in [7, 11) is 1.60. The molecule has 0 radical (unpaired) electrons. The molecule has 0 saturated carbocycles. The maximum Gasteiger partial charge on any atom is 0.231 e. The van der Waals surface area contributed by atoms with E-state index >= 15 is 0 Å². The quantitative estimate of drug-likeness (QED) is 0.412. The van der Waals surface area contributed by atoms with Crippen LogP contribution in [0.4, 0.5) is 0 Å². The van der Waals surface area contributed by atoms with Gasteiger partial charge in [0.2, 0.25) is 5.91 Å². The van der Waals surface area contributed by atoms with Gasteiger partial charge in [-0.1, -0.05) is 35.5 Å². The number of carbonyl (C=O) groups excluding carboxylic acids is 1. The summed E-state index contributed by atoms with van der Waals surface area (Å²) in [6, 6.07) is 15.3. The first kappa shape index (κ1) is 22.3. The molecular formula is C25H25N5O3. The van der Waals surface area contributed by atoms with Crippen molar-refractivity contribution in [2.24, 2.45) is 0 Å². The number of methoxy groups -OCH3 is 1. The summed E-state index contributed by atoms with van der Waals surface area (Å²) < 4.78 is 10.5. The molecule has 1 N–H and O–H groups in total. The fourth-order valence-electron chi connectivity index (χ4n) is 3.30. The molecule has 1 amide bonds. The van der Waals surface area contributed by atoms with Gasteiger partial charge in [-0.05, 0) is 26.0 Å². The predicted octanol–water partition coefficient (Wildman–Crippen LogP) is 3.90. The summed E-state index contributed by atoms with van der Waals surface area (Å²) in [5, 5.41) is 7.03. The van der Waals surface area contributed by atoms with Crippen LogP contribution in [0, 0.1) is 0 Å². The van der Waals surface area contributed by atoms with E-state index in [-0.39, 0.29) is 5.91 Å². The molecule has 0 saturated heterocycles.